The molecule has 0 saturated heterocycles. The average molecular weight is 257 g/mol. The number of hydrogen-bond donors (Lipinski definition) is 2. The van der Waals surface area contributed by atoms with Crippen molar-refractivity contribution in [1.82, 2.24) is 5.32 Å². The minimum absolute atomic E-state index is 0.184. The summed E-state index contributed by atoms with van der Waals surface area (Å²) in [7, 11) is 0. The van der Waals surface area contributed by atoms with Gasteiger partial charge in [0.25, 0.3) is 0 Å². The van der Waals surface area contributed by atoms with Crippen LogP contribution >= 0.6 is 11.6 Å². The van der Waals surface area contributed by atoms with Crippen LogP contribution in [0.5, 0.6) is 11.5 Å². The number of benzene rings is 1. The second kappa shape index (κ2) is 4.81. The van der Waals surface area contributed by atoms with Crippen molar-refractivity contribution >= 4 is 17.5 Å². The molecule has 92 valence electrons. The van der Waals surface area contributed by atoms with Gasteiger partial charge in [-0.2, -0.15) is 0 Å². The lowest BCUT2D eigenvalue weighted by Gasteiger charge is -2.10. The summed E-state index contributed by atoms with van der Waals surface area (Å²) in [5.74, 6) is 0.802. The Balaban J connectivity index is 2.07. The van der Waals surface area contributed by atoms with Gasteiger partial charge in [-0.1, -0.05) is 11.6 Å². The summed E-state index contributed by atoms with van der Waals surface area (Å²) in [5.41, 5.74) is 6.06. The SMILES string of the molecule is CC(NCc1cc(Cl)c2c(c1)OCO2)C(N)=O. The summed E-state index contributed by atoms with van der Waals surface area (Å²) in [4.78, 5) is 10.9. The molecule has 1 heterocycles. The van der Waals surface area contributed by atoms with Crippen LogP contribution in [0.4, 0.5) is 0 Å². The Bertz CT molecular complexity index is 451. The van der Waals surface area contributed by atoms with E-state index in [0.29, 0.717) is 23.1 Å². The van der Waals surface area contributed by atoms with Gasteiger partial charge < -0.3 is 20.5 Å². The normalized spacial score (nSPS) is 14.7. The van der Waals surface area contributed by atoms with Crippen molar-refractivity contribution in [2.75, 3.05) is 6.79 Å². The van der Waals surface area contributed by atoms with Gasteiger partial charge in [-0.25, -0.2) is 0 Å². The lowest BCUT2D eigenvalue weighted by Crippen LogP contribution is -2.38. The van der Waals surface area contributed by atoms with E-state index in [1.807, 2.05) is 6.07 Å². The molecule has 0 bridgehead atoms. The van der Waals surface area contributed by atoms with Crippen molar-refractivity contribution in [3.63, 3.8) is 0 Å². The van der Waals surface area contributed by atoms with Crippen LogP contribution in [0.3, 0.4) is 0 Å². The molecule has 17 heavy (non-hydrogen) atoms. The Labute approximate surface area is 104 Å². The number of carbonyl (C=O) groups excluding carboxylic acids is 1. The molecule has 0 spiro atoms. The molecule has 0 saturated carbocycles. The van der Waals surface area contributed by atoms with E-state index in [0.717, 1.165) is 5.56 Å². The van der Waals surface area contributed by atoms with Gasteiger partial charge in [0.2, 0.25) is 12.7 Å². The zero-order valence-electron chi connectivity index (χ0n) is 9.33. The number of hydrogen-bond acceptors (Lipinski definition) is 4. The van der Waals surface area contributed by atoms with Gasteiger partial charge in [0.15, 0.2) is 11.5 Å². The molecule has 1 unspecified atom stereocenters. The third-order valence-corrected chi connectivity index (χ3v) is 2.81. The zero-order valence-corrected chi connectivity index (χ0v) is 10.1. The van der Waals surface area contributed by atoms with Gasteiger partial charge in [0, 0.05) is 6.54 Å². The van der Waals surface area contributed by atoms with Crippen LogP contribution in [0.25, 0.3) is 0 Å². The third kappa shape index (κ3) is 2.62. The number of carbonyl (C=O) groups is 1. The molecular weight excluding hydrogens is 244 g/mol. The predicted molar refractivity (Wildman–Crippen MR) is 63.1 cm³/mol. The van der Waals surface area contributed by atoms with Gasteiger partial charge in [-0.15, -0.1) is 0 Å². The van der Waals surface area contributed by atoms with Crippen LogP contribution in [0.15, 0.2) is 12.1 Å². The van der Waals surface area contributed by atoms with Crippen molar-refractivity contribution in [3.05, 3.63) is 22.7 Å². The fourth-order valence-corrected chi connectivity index (χ4v) is 1.78. The molecule has 1 aromatic rings. The number of nitrogens with one attached hydrogen (secondary N) is 1. The van der Waals surface area contributed by atoms with Crippen LogP contribution < -0.4 is 20.5 Å². The molecule has 1 aromatic carbocycles. The lowest BCUT2D eigenvalue weighted by atomic mass is 10.2. The number of ether oxygens (including phenoxy) is 2. The van der Waals surface area contributed by atoms with E-state index in [4.69, 9.17) is 26.8 Å². The topological polar surface area (TPSA) is 73.6 Å². The van der Waals surface area contributed by atoms with E-state index in [-0.39, 0.29) is 12.8 Å². The van der Waals surface area contributed by atoms with E-state index in [1.165, 1.54) is 0 Å². The molecule has 0 radical (unpaired) electrons. The van der Waals surface area contributed by atoms with Crippen LogP contribution in [0, 0.1) is 0 Å². The number of nitrogens with two attached hydrogens (primary N) is 1. The molecular formula is C11H13ClN2O3. The first-order valence-corrected chi connectivity index (χ1v) is 5.56. The van der Waals surface area contributed by atoms with Crippen molar-refractivity contribution in [2.24, 2.45) is 5.73 Å². The molecule has 5 nitrogen and oxygen atoms in total. The van der Waals surface area contributed by atoms with Crippen molar-refractivity contribution < 1.29 is 14.3 Å². The third-order valence-electron chi connectivity index (χ3n) is 2.53. The Morgan fingerprint density at radius 2 is 2.35 bits per heavy atom. The molecule has 0 fully saturated rings. The zero-order chi connectivity index (χ0) is 12.4. The molecule has 0 aromatic heterocycles. The minimum Gasteiger partial charge on any atom is -0.454 e. The molecule has 0 aliphatic carbocycles. The van der Waals surface area contributed by atoms with E-state index >= 15 is 0 Å². The maximum absolute atomic E-state index is 10.9. The highest BCUT2D eigenvalue weighted by atomic mass is 35.5. The standard InChI is InChI=1S/C11H13ClN2O3/c1-6(11(13)15)14-4-7-2-8(12)10-9(3-7)16-5-17-10/h2-3,6,14H,4-5H2,1H3,(H2,13,15). The highest BCUT2D eigenvalue weighted by Gasteiger charge is 2.18. The summed E-state index contributed by atoms with van der Waals surface area (Å²) < 4.78 is 10.4. The summed E-state index contributed by atoms with van der Waals surface area (Å²) in [6.45, 7) is 2.38. The summed E-state index contributed by atoms with van der Waals surface area (Å²) in [6.07, 6.45) is 0. The fourth-order valence-electron chi connectivity index (χ4n) is 1.49. The van der Waals surface area contributed by atoms with E-state index in [2.05, 4.69) is 5.32 Å². The Hall–Kier alpha value is -1.46. The van der Waals surface area contributed by atoms with Gasteiger partial charge >= 0.3 is 0 Å². The van der Waals surface area contributed by atoms with E-state index in [1.54, 1.807) is 13.0 Å². The average Bonchev–Trinajstić information content (AvgIpc) is 2.74. The Morgan fingerprint density at radius 1 is 1.59 bits per heavy atom. The van der Waals surface area contributed by atoms with Crippen LogP contribution in [-0.2, 0) is 11.3 Å². The van der Waals surface area contributed by atoms with Gasteiger partial charge in [0.05, 0.1) is 11.1 Å². The molecule has 1 aliphatic heterocycles. The summed E-state index contributed by atoms with van der Waals surface area (Å²) in [5, 5.41) is 3.49. The summed E-state index contributed by atoms with van der Waals surface area (Å²) in [6, 6.07) is 3.21. The first-order valence-electron chi connectivity index (χ1n) is 5.18. The highest BCUT2D eigenvalue weighted by molar-refractivity contribution is 6.32. The molecule has 3 N–H and O–H groups in total. The molecule has 1 amide bonds. The van der Waals surface area contributed by atoms with Crippen molar-refractivity contribution in [2.45, 2.75) is 19.5 Å². The molecule has 6 heteroatoms. The van der Waals surface area contributed by atoms with Gasteiger partial charge in [-0.05, 0) is 24.6 Å². The van der Waals surface area contributed by atoms with E-state index < -0.39 is 5.91 Å². The largest absolute Gasteiger partial charge is 0.454 e. The predicted octanol–water partition coefficient (Wildman–Crippen LogP) is 1.03. The molecule has 2 rings (SSSR count). The molecule has 1 aliphatic rings. The van der Waals surface area contributed by atoms with Crippen molar-refractivity contribution in [1.29, 1.82) is 0 Å². The maximum Gasteiger partial charge on any atom is 0.234 e. The van der Waals surface area contributed by atoms with Crippen LogP contribution in [-0.4, -0.2) is 18.7 Å². The smallest absolute Gasteiger partial charge is 0.234 e. The Morgan fingerprint density at radius 3 is 3.06 bits per heavy atom. The van der Waals surface area contributed by atoms with Crippen molar-refractivity contribution in [3.8, 4) is 11.5 Å². The van der Waals surface area contributed by atoms with Crippen LogP contribution in [0.2, 0.25) is 5.02 Å². The number of primary amides is 1. The second-order valence-electron chi connectivity index (χ2n) is 3.82. The van der Waals surface area contributed by atoms with Crippen LogP contribution in [0.1, 0.15) is 12.5 Å². The minimum atomic E-state index is -0.392. The number of amides is 1. The number of rotatable bonds is 4. The second-order valence-corrected chi connectivity index (χ2v) is 4.22. The first kappa shape index (κ1) is 12.0. The van der Waals surface area contributed by atoms with Gasteiger partial charge in [0.1, 0.15) is 0 Å². The monoisotopic (exact) mass is 256 g/mol. The summed E-state index contributed by atoms with van der Waals surface area (Å²) >= 11 is 6.03. The Kier molecular flexibility index (Phi) is 3.40. The van der Waals surface area contributed by atoms with E-state index in [9.17, 15) is 4.79 Å². The quantitative estimate of drug-likeness (QED) is 0.844. The molecule has 1 atom stereocenters. The first-order chi connectivity index (χ1) is 8.08. The lowest BCUT2D eigenvalue weighted by molar-refractivity contribution is -0.119. The fraction of sp³-hybridized carbons (Fsp3) is 0.364. The maximum atomic E-state index is 10.9. The van der Waals surface area contributed by atoms with Gasteiger partial charge in [-0.3, -0.25) is 4.79 Å². The number of fused-ring (bicyclic) bond motifs is 1. The highest BCUT2D eigenvalue weighted by Crippen LogP contribution is 2.39. The number of halogens is 1.